The molecule has 0 radical (unpaired) electrons. The first-order valence-corrected chi connectivity index (χ1v) is 4.32. The molecule has 1 aromatic heterocycles. The minimum absolute atomic E-state index is 0.307. The standard InChI is InChI=1S/C9H8FNO6/c10-7-4(8(14)15)1-3(2-11-7)5(12)6(13)9(16)17/h1-2,5-6,12-13H,(H,14,15)(H,16,17). The summed E-state index contributed by atoms with van der Waals surface area (Å²) in [6, 6.07) is 0.710. The van der Waals surface area contributed by atoms with Gasteiger partial charge < -0.3 is 20.4 Å². The number of pyridine rings is 1. The minimum Gasteiger partial charge on any atom is -0.479 e. The first-order valence-electron chi connectivity index (χ1n) is 4.32. The SMILES string of the molecule is O=C(O)c1cc(C(O)C(O)C(=O)O)cnc1F. The highest BCUT2D eigenvalue weighted by Gasteiger charge is 2.26. The van der Waals surface area contributed by atoms with Gasteiger partial charge in [0.05, 0.1) is 0 Å². The Hall–Kier alpha value is -2.06. The summed E-state index contributed by atoms with van der Waals surface area (Å²) in [5, 5.41) is 35.4. The highest BCUT2D eigenvalue weighted by atomic mass is 19.1. The normalized spacial score (nSPS) is 14.1. The molecule has 0 bridgehead atoms. The van der Waals surface area contributed by atoms with E-state index in [4.69, 9.17) is 15.3 Å². The zero-order chi connectivity index (χ0) is 13.2. The van der Waals surface area contributed by atoms with Gasteiger partial charge in [0.15, 0.2) is 6.10 Å². The van der Waals surface area contributed by atoms with Crippen LogP contribution in [-0.2, 0) is 4.79 Å². The monoisotopic (exact) mass is 245 g/mol. The summed E-state index contributed by atoms with van der Waals surface area (Å²) in [5.74, 6) is -4.58. The molecule has 2 atom stereocenters. The fraction of sp³-hybridized carbons (Fsp3) is 0.222. The molecule has 1 rings (SSSR count). The van der Waals surface area contributed by atoms with Gasteiger partial charge in [-0.25, -0.2) is 14.6 Å². The second-order valence-electron chi connectivity index (χ2n) is 3.14. The zero-order valence-corrected chi connectivity index (χ0v) is 8.24. The number of carboxylic acids is 2. The van der Waals surface area contributed by atoms with Crippen molar-refractivity contribution in [1.29, 1.82) is 0 Å². The second kappa shape index (κ2) is 4.85. The lowest BCUT2D eigenvalue weighted by Crippen LogP contribution is -2.27. The molecular formula is C9H8FNO6. The number of aliphatic hydroxyl groups is 2. The number of aliphatic hydroxyl groups excluding tert-OH is 2. The van der Waals surface area contributed by atoms with Gasteiger partial charge in [-0.1, -0.05) is 0 Å². The Balaban J connectivity index is 3.11. The molecule has 2 unspecified atom stereocenters. The molecule has 1 aromatic rings. The van der Waals surface area contributed by atoms with Gasteiger partial charge in [0.25, 0.3) is 0 Å². The molecule has 0 saturated carbocycles. The van der Waals surface area contributed by atoms with Crippen molar-refractivity contribution in [3.8, 4) is 0 Å². The molecule has 17 heavy (non-hydrogen) atoms. The summed E-state index contributed by atoms with van der Waals surface area (Å²) in [6.45, 7) is 0. The van der Waals surface area contributed by atoms with Crippen LogP contribution in [0.1, 0.15) is 22.0 Å². The van der Waals surface area contributed by atoms with Crippen molar-refractivity contribution in [2.24, 2.45) is 0 Å². The summed E-state index contributed by atoms with van der Waals surface area (Å²) in [5.41, 5.74) is -1.13. The van der Waals surface area contributed by atoms with Crippen LogP contribution >= 0.6 is 0 Å². The van der Waals surface area contributed by atoms with E-state index in [1.54, 1.807) is 0 Å². The maximum atomic E-state index is 12.9. The number of rotatable bonds is 4. The number of carboxylic acid groups (broad SMARTS) is 2. The molecule has 0 aromatic carbocycles. The first kappa shape index (κ1) is 13.0. The Labute approximate surface area is 93.8 Å². The van der Waals surface area contributed by atoms with Gasteiger partial charge in [0.2, 0.25) is 5.95 Å². The van der Waals surface area contributed by atoms with Crippen molar-refractivity contribution in [1.82, 2.24) is 4.98 Å². The van der Waals surface area contributed by atoms with Gasteiger partial charge in [-0.3, -0.25) is 0 Å². The van der Waals surface area contributed by atoms with E-state index in [-0.39, 0.29) is 5.56 Å². The maximum Gasteiger partial charge on any atom is 0.340 e. The molecule has 1 heterocycles. The molecule has 0 aliphatic heterocycles. The molecular weight excluding hydrogens is 237 g/mol. The molecule has 0 spiro atoms. The number of halogens is 1. The van der Waals surface area contributed by atoms with Crippen LogP contribution in [0.5, 0.6) is 0 Å². The Kier molecular flexibility index (Phi) is 3.71. The molecule has 0 saturated heterocycles. The van der Waals surface area contributed by atoms with Crippen molar-refractivity contribution in [3.63, 3.8) is 0 Å². The van der Waals surface area contributed by atoms with Crippen LogP contribution in [-0.4, -0.2) is 43.5 Å². The third-order valence-electron chi connectivity index (χ3n) is 1.98. The smallest absolute Gasteiger partial charge is 0.340 e. The lowest BCUT2D eigenvalue weighted by atomic mass is 10.0. The van der Waals surface area contributed by atoms with Crippen LogP contribution in [0.2, 0.25) is 0 Å². The number of hydrogen-bond donors (Lipinski definition) is 4. The lowest BCUT2D eigenvalue weighted by molar-refractivity contribution is -0.153. The predicted molar refractivity (Wildman–Crippen MR) is 49.8 cm³/mol. The minimum atomic E-state index is -2.15. The van der Waals surface area contributed by atoms with E-state index >= 15 is 0 Å². The fourth-order valence-electron chi connectivity index (χ4n) is 1.09. The van der Waals surface area contributed by atoms with Crippen molar-refractivity contribution in [3.05, 3.63) is 29.3 Å². The van der Waals surface area contributed by atoms with Gasteiger partial charge >= 0.3 is 11.9 Å². The molecule has 8 heteroatoms. The van der Waals surface area contributed by atoms with Gasteiger partial charge in [0.1, 0.15) is 11.7 Å². The van der Waals surface area contributed by atoms with E-state index in [1.165, 1.54) is 0 Å². The van der Waals surface area contributed by atoms with E-state index in [0.29, 0.717) is 6.07 Å². The summed E-state index contributed by atoms with van der Waals surface area (Å²) in [7, 11) is 0. The van der Waals surface area contributed by atoms with E-state index in [1.807, 2.05) is 0 Å². The Morgan fingerprint density at radius 3 is 2.35 bits per heavy atom. The topological polar surface area (TPSA) is 128 Å². The van der Waals surface area contributed by atoms with Crippen LogP contribution in [0.4, 0.5) is 4.39 Å². The molecule has 92 valence electrons. The third kappa shape index (κ3) is 2.74. The van der Waals surface area contributed by atoms with E-state index in [9.17, 15) is 19.1 Å². The summed E-state index contributed by atoms with van der Waals surface area (Å²) in [4.78, 5) is 24.0. The summed E-state index contributed by atoms with van der Waals surface area (Å²) in [6.07, 6.45) is -3.29. The van der Waals surface area contributed by atoms with E-state index in [2.05, 4.69) is 4.98 Å². The third-order valence-corrected chi connectivity index (χ3v) is 1.98. The number of hydrogen-bond acceptors (Lipinski definition) is 5. The number of carbonyl (C=O) groups is 2. The molecule has 0 aliphatic carbocycles. The van der Waals surface area contributed by atoms with Crippen LogP contribution in [0, 0.1) is 5.95 Å². The molecule has 0 amide bonds. The van der Waals surface area contributed by atoms with Crippen LogP contribution in [0.15, 0.2) is 12.3 Å². The summed E-state index contributed by atoms with van der Waals surface area (Å²) < 4.78 is 12.9. The Bertz CT molecular complexity index is 463. The molecule has 0 fully saturated rings. The molecule has 0 aliphatic rings. The van der Waals surface area contributed by atoms with Gasteiger partial charge in [-0.15, -0.1) is 0 Å². The number of aliphatic carboxylic acids is 1. The van der Waals surface area contributed by atoms with Crippen LogP contribution in [0.3, 0.4) is 0 Å². The second-order valence-corrected chi connectivity index (χ2v) is 3.14. The van der Waals surface area contributed by atoms with Crippen molar-refractivity contribution in [2.45, 2.75) is 12.2 Å². The predicted octanol–water partition coefficient (Wildman–Crippen LogP) is -0.602. The maximum absolute atomic E-state index is 12.9. The molecule has 7 nitrogen and oxygen atoms in total. The van der Waals surface area contributed by atoms with Gasteiger partial charge in [-0.05, 0) is 6.07 Å². The number of aromatic nitrogens is 1. The molecule has 4 N–H and O–H groups in total. The average molecular weight is 245 g/mol. The Morgan fingerprint density at radius 1 is 1.29 bits per heavy atom. The highest BCUT2D eigenvalue weighted by molar-refractivity contribution is 5.87. The van der Waals surface area contributed by atoms with Gasteiger partial charge in [0, 0.05) is 11.8 Å². The Morgan fingerprint density at radius 2 is 1.88 bits per heavy atom. The van der Waals surface area contributed by atoms with Crippen molar-refractivity contribution < 1.29 is 34.4 Å². The van der Waals surface area contributed by atoms with Crippen LogP contribution < -0.4 is 0 Å². The lowest BCUT2D eigenvalue weighted by Gasteiger charge is -2.14. The zero-order valence-electron chi connectivity index (χ0n) is 8.24. The highest BCUT2D eigenvalue weighted by Crippen LogP contribution is 2.18. The fourth-order valence-corrected chi connectivity index (χ4v) is 1.09. The van der Waals surface area contributed by atoms with Crippen molar-refractivity contribution >= 4 is 11.9 Å². The quantitative estimate of drug-likeness (QED) is 0.521. The average Bonchev–Trinajstić information content (AvgIpc) is 2.27. The van der Waals surface area contributed by atoms with Gasteiger partial charge in [-0.2, -0.15) is 4.39 Å². The van der Waals surface area contributed by atoms with E-state index in [0.717, 1.165) is 6.20 Å². The first-order chi connectivity index (χ1) is 7.84. The summed E-state index contributed by atoms with van der Waals surface area (Å²) >= 11 is 0. The van der Waals surface area contributed by atoms with Crippen LogP contribution in [0.25, 0.3) is 0 Å². The largest absolute Gasteiger partial charge is 0.479 e. The number of aromatic carboxylic acids is 1. The van der Waals surface area contributed by atoms with Crippen molar-refractivity contribution in [2.75, 3.05) is 0 Å². The number of nitrogens with zero attached hydrogens (tertiary/aromatic N) is 1. The van der Waals surface area contributed by atoms with E-state index < -0.39 is 35.7 Å².